The fourth-order valence-corrected chi connectivity index (χ4v) is 2.14. The maximum absolute atomic E-state index is 6.25. The Bertz CT molecular complexity index is 435. The van der Waals surface area contributed by atoms with Crippen LogP contribution in [0.15, 0.2) is 18.2 Å². The summed E-state index contributed by atoms with van der Waals surface area (Å²) in [7, 11) is 1.70. The van der Waals surface area contributed by atoms with Crippen LogP contribution in [0.4, 0.5) is 0 Å². The minimum absolute atomic E-state index is 0.0215. The SMILES string of the molecule is CCC(CNC(C)C)Oc1ccc(OC)cc1C(C)(C)C. The lowest BCUT2D eigenvalue weighted by Gasteiger charge is -2.27. The average molecular weight is 293 g/mol. The minimum Gasteiger partial charge on any atom is -0.497 e. The molecule has 0 aliphatic carbocycles. The Morgan fingerprint density at radius 1 is 1.19 bits per heavy atom. The lowest BCUT2D eigenvalue weighted by atomic mass is 9.86. The smallest absolute Gasteiger partial charge is 0.123 e. The quantitative estimate of drug-likeness (QED) is 0.819. The van der Waals surface area contributed by atoms with Crippen molar-refractivity contribution in [3.8, 4) is 11.5 Å². The molecule has 1 aromatic rings. The highest BCUT2D eigenvalue weighted by Gasteiger charge is 2.21. The first kappa shape index (κ1) is 17.8. The number of nitrogens with one attached hydrogen (secondary N) is 1. The van der Waals surface area contributed by atoms with E-state index in [0.29, 0.717) is 6.04 Å². The van der Waals surface area contributed by atoms with E-state index in [0.717, 1.165) is 24.5 Å². The van der Waals surface area contributed by atoms with E-state index < -0.39 is 0 Å². The maximum Gasteiger partial charge on any atom is 0.123 e. The van der Waals surface area contributed by atoms with Crippen LogP contribution in [-0.2, 0) is 5.41 Å². The third-order valence-electron chi connectivity index (χ3n) is 3.50. The zero-order chi connectivity index (χ0) is 16.0. The van der Waals surface area contributed by atoms with Crippen molar-refractivity contribution >= 4 is 0 Å². The third-order valence-corrected chi connectivity index (χ3v) is 3.50. The minimum atomic E-state index is 0.0215. The first-order valence-corrected chi connectivity index (χ1v) is 7.86. The fraction of sp³-hybridized carbons (Fsp3) is 0.667. The number of methoxy groups -OCH3 is 1. The molecule has 3 heteroatoms. The first-order valence-electron chi connectivity index (χ1n) is 7.86. The van der Waals surface area contributed by atoms with Gasteiger partial charge < -0.3 is 14.8 Å². The summed E-state index contributed by atoms with van der Waals surface area (Å²) in [6, 6.07) is 6.54. The van der Waals surface area contributed by atoms with Crippen molar-refractivity contribution in [2.24, 2.45) is 0 Å². The molecule has 0 bridgehead atoms. The highest BCUT2D eigenvalue weighted by atomic mass is 16.5. The number of benzene rings is 1. The van der Waals surface area contributed by atoms with Gasteiger partial charge in [0.05, 0.1) is 7.11 Å². The molecule has 1 unspecified atom stereocenters. The molecule has 0 radical (unpaired) electrons. The second-order valence-electron chi connectivity index (χ2n) is 6.82. The molecular formula is C18H31NO2. The van der Waals surface area contributed by atoms with Gasteiger partial charge in [-0.05, 0) is 30.0 Å². The molecule has 1 rings (SSSR count). The molecule has 3 nitrogen and oxygen atoms in total. The highest BCUT2D eigenvalue weighted by molar-refractivity contribution is 5.44. The number of ether oxygens (including phenoxy) is 2. The number of hydrogen-bond acceptors (Lipinski definition) is 3. The molecule has 0 spiro atoms. The van der Waals surface area contributed by atoms with Gasteiger partial charge in [0.1, 0.15) is 17.6 Å². The molecular weight excluding hydrogens is 262 g/mol. The molecule has 21 heavy (non-hydrogen) atoms. The van der Waals surface area contributed by atoms with E-state index in [2.05, 4.69) is 52.9 Å². The predicted octanol–water partition coefficient (Wildman–Crippen LogP) is 4.15. The second kappa shape index (κ2) is 7.69. The topological polar surface area (TPSA) is 30.5 Å². The zero-order valence-electron chi connectivity index (χ0n) is 14.6. The fourth-order valence-electron chi connectivity index (χ4n) is 2.14. The van der Waals surface area contributed by atoms with Gasteiger partial charge in [-0.15, -0.1) is 0 Å². The van der Waals surface area contributed by atoms with E-state index in [9.17, 15) is 0 Å². The Labute approximate surface area is 130 Å². The van der Waals surface area contributed by atoms with Crippen molar-refractivity contribution in [3.63, 3.8) is 0 Å². The molecule has 0 saturated carbocycles. The van der Waals surface area contributed by atoms with Gasteiger partial charge in [-0.1, -0.05) is 41.5 Å². The van der Waals surface area contributed by atoms with Crippen molar-refractivity contribution in [1.29, 1.82) is 0 Å². The van der Waals surface area contributed by atoms with Crippen molar-refractivity contribution in [2.45, 2.75) is 65.5 Å². The van der Waals surface area contributed by atoms with Crippen LogP contribution in [0, 0.1) is 0 Å². The van der Waals surface area contributed by atoms with Crippen LogP contribution in [0.25, 0.3) is 0 Å². The summed E-state index contributed by atoms with van der Waals surface area (Å²) < 4.78 is 11.6. The molecule has 0 saturated heterocycles. The second-order valence-corrected chi connectivity index (χ2v) is 6.82. The highest BCUT2D eigenvalue weighted by Crippen LogP contribution is 2.35. The van der Waals surface area contributed by atoms with E-state index in [-0.39, 0.29) is 11.5 Å². The monoisotopic (exact) mass is 293 g/mol. The zero-order valence-corrected chi connectivity index (χ0v) is 14.6. The summed E-state index contributed by atoms with van der Waals surface area (Å²) in [6.45, 7) is 13.9. The summed E-state index contributed by atoms with van der Waals surface area (Å²) in [5.74, 6) is 1.83. The molecule has 0 amide bonds. The Morgan fingerprint density at radius 3 is 2.33 bits per heavy atom. The molecule has 0 heterocycles. The Hall–Kier alpha value is -1.22. The number of hydrogen-bond donors (Lipinski definition) is 1. The van der Waals surface area contributed by atoms with Crippen LogP contribution in [0.5, 0.6) is 11.5 Å². The van der Waals surface area contributed by atoms with Crippen LogP contribution in [0.3, 0.4) is 0 Å². The molecule has 0 aliphatic rings. The van der Waals surface area contributed by atoms with E-state index >= 15 is 0 Å². The lowest BCUT2D eigenvalue weighted by molar-refractivity contribution is 0.186. The van der Waals surface area contributed by atoms with Crippen LogP contribution in [0.2, 0.25) is 0 Å². The van der Waals surface area contributed by atoms with E-state index in [1.165, 1.54) is 5.56 Å². The van der Waals surface area contributed by atoms with Gasteiger partial charge >= 0.3 is 0 Å². The predicted molar refractivity (Wildman–Crippen MR) is 89.5 cm³/mol. The third kappa shape index (κ3) is 5.58. The van der Waals surface area contributed by atoms with E-state index in [1.807, 2.05) is 12.1 Å². The van der Waals surface area contributed by atoms with Gasteiger partial charge in [0, 0.05) is 18.2 Å². The standard InChI is InChI=1S/C18H31NO2/c1-8-14(12-19-13(2)3)21-17-10-9-15(20-7)11-16(17)18(4,5)6/h9-11,13-14,19H,8,12H2,1-7H3. The summed E-state index contributed by atoms with van der Waals surface area (Å²) in [5, 5.41) is 3.45. The lowest BCUT2D eigenvalue weighted by Crippen LogP contribution is -2.35. The molecule has 0 fully saturated rings. The molecule has 1 N–H and O–H groups in total. The van der Waals surface area contributed by atoms with Crippen molar-refractivity contribution in [3.05, 3.63) is 23.8 Å². The molecule has 1 aromatic carbocycles. The summed E-state index contributed by atoms with van der Waals surface area (Å²) in [5.41, 5.74) is 1.21. The van der Waals surface area contributed by atoms with Crippen LogP contribution < -0.4 is 14.8 Å². The maximum atomic E-state index is 6.25. The first-order chi connectivity index (χ1) is 9.77. The van der Waals surface area contributed by atoms with Gasteiger partial charge in [0.25, 0.3) is 0 Å². The van der Waals surface area contributed by atoms with Crippen molar-refractivity contribution < 1.29 is 9.47 Å². The normalized spacial score (nSPS) is 13.3. The van der Waals surface area contributed by atoms with E-state index in [1.54, 1.807) is 7.11 Å². The largest absolute Gasteiger partial charge is 0.497 e. The summed E-state index contributed by atoms with van der Waals surface area (Å²) >= 11 is 0. The average Bonchev–Trinajstić information content (AvgIpc) is 2.42. The van der Waals surface area contributed by atoms with Crippen LogP contribution in [0.1, 0.15) is 53.5 Å². The molecule has 0 aromatic heterocycles. The molecule has 0 aliphatic heterocycles. The van der Waals surface area contributed by atoms with Gasteiger partial charge in [0.15, 0.2) is 0 Å². The van der Waals surface area contributed by atoms with E-state index in [4.69, 9.17) is 9.47 Å². The summed E-state index contributed by atoms with van der Waals surface area (Å²) in [4.78, 5) is 0. The summed E-state index contributed by atoms with van der Waals surface area (Å²) in [6.07, 6.45) is 1.16. The molecule has 1 atom stereocenters. The van der Waals surface area contributed by atoms with Crippen LogP contribution in [-0.4, -0.2) is 25.8 Å². The van der Waals surface area contributed by atoms with Gasteiger partial charge in [-0.2, -0.15) is 0 Å². The van der Waals surface area contributed by atoms with Gasteiger partial charge in [-0.3, -0.25) is 0 Å². The van der Waals surface area contributed by atoms with Gasteiger partial charge in [0.2, 0.25) is 0 Å². The number of rotatable bonds is 7. The van der Waals surface area contributed by atoms with Crippen LogP contribution >= 0.6 is 0 Å². The Morgan fingerprint density at radius 2 is 1.86 bits per heavy atom. The van der Waals surface area contributed by atoms with Gasteiger partial charge in [-0.25, -0.2) is 0 Å². The molecule has 120 valence electrons. The van der Waals surface area contributed by atoms with Crippen molar-refractivity contribution in [1.82, 2.24) is 5.32 Å². The Kier molecular flexibility index (Phi) is 6.53. The van der Waals surface area contributed by atoms with Crippen molar-refractivity contribution in [2.75, 3.05) is 13.7 Å². The Balaban J connectivity index is 2.95.